The Hall–Kier alpha value is -1.71. The maximum absolute atomic E-state index is 10.3. The summed E-state index contributed by atoms with van der Waals surface area (Å²) in [6.07, 6.45) is -0.475. The van der Waals surface area contributed by atoms with Gasteiger partial charge < -0.3 is 14.6 Å². The van der Waals surface area contributed by atoms with Crippen molar-refractivity contribution in [2.45, 2.75) is 13.3 Å². The maximum atomic E-state index is 10.3. The molecule has 4 nitrogen and oxygen atoms in total. The van der Waals surface area contributed by atoms with E-state index in [4.69, 9.17) is 9.84 Å². The fourth-order valence-corrected chi connectivity index (χ4v) is 1.11. The summed E-state index contributed by atoms with van der Waals surface area (Å²) in [7, 11) is 1.48. The SMILES string of the molecule is CCc1ccc(OC(=O)O)c(OC)c1. The molecule has 0 saturated carbocycles. The molecule has 0 atom stereocenters. The minimum absolute atomic E-state index is 0.220. The van der Waals surface area contributed by atoms with Gasteiger partial charge in [-0.05, 0) is 24.1 Å². The van der Waals surface area contributed by atoms with Crippen molar-refractivity contribution >= 4 is 6.16 Å². The lowest BCUT2D eigenvalue weighted by Gasteiger charge is -2.07. The van der Waals surface area contributed by atoms with Crippen LogP contribution in [0.4, 0.5) is 4.79 Å². The Morgan fingerprint density at radius 1 is 1.43 bits per heavy atom. The van der Waals surface area contributed by atoms with Crippen molar-refractivity contribution in [1.82, 2.24) is 0 Å². The Kier molecular flexibility index (Phi) is 3.34. The fourth-order valence-electron chi connectivity index (χ4n) is 1.11. The first-order chi connectivity index (χ1) is 6.67. The van der Waals surface area contributed by atoms with Crippen LogP contribution in [0, 0.1) is 0 Å². The van der Waals surface area contributed by atoms with Crippen LogP contribution in [0.3, 0.4) is 0 Å². The van der Waals surface area contributed by atoms with Crippen molar-refractivity contribution in [1.29, 1.82) is 0 Å². The Morgan fingerprint density at radius 2 is 2.14 bits per heavy atom. The zero-order valence-electron chi connectivity index (χ0n) is 8.11. The van der Waals surface area contributed by atoms with Gasteiger partial charge in [0.15, 0.2) is 11.5 Å². The van der Waals surface area contributed by atoms with Gasteiger partial charge in [0, 0.05) is 0 Å². The molecule has 0 aromatic heterocycles. The highest BCUT2D eigenvalue weighted by Crippen LogP contribution is 2.28. The highest BCUT2D eigenvalue weighted by molar-refractivity contribution is 5.63. The van der Waals surface area contributed by atoms with Crippen LogP contribution in [0.15, 0.2) is 18.2 Å². The molecule has 14 heavy (non-hydrogen) atoms. The summed E-state index contributed by atoms with van der Waals surface area (Å²) in [5.41, 5.74) is 1.07. The lowest BCUT2D eigenvalue weighted by Crippen LogP contribution is -2.04. The van der Waals surface area contributed by atoms with Crippen LogP contribution in [0.5, 0.6) is 11.5 Å². The standard InChI is InChI=1S/C10H12O4/c1-3-7-4-5-8(14-10(11)12)9(6-7)13-2/h4-6H,3H2,1-2H3,(H,11,12). The first-order valence-corrected chi connectivity index (χ1v) is 4.25. The van der Waals surface area contributed by atoms with Gasteiger partial charge in [-0.1, -0.05) is 13.0 Å². The van der Waals surface area contributed by atoms with Crippen LogP contribution in [0.2, 0.25) is 0 Å². The van der Waals surface area contributed by atoms with Gasteiger partial charge in [0.2, 0.25) is 0 Å². The fraction of sp³-hybridized carbons (Fsp3) is 0.300. The molecule has 0 amide bonds. The first-order valence-electron chi connectivity index (χ1n) is 4.25. The summed E-state index contributed by atoms with van der Waals surface area (Å²) in [4.78, 5) is 10.3. The average Bonchev–Trinajstić information content (AvgIpc) is 2.17. The number of methoxy groups -OCH3 is 1. The van der Waals surface area contributed by atoms with E-state index in [1.807, 2.05) is 6.92 Å². The van der Waals surface area contributed by atoms with E-state index in [-0.39, 0.29) is 5.75 Å². The molecule has 0 radical (unpaired) electrons. The van der Waals surface area contributed by atoms with Gasteiger partial charge in [0.25, 0.3) is 0 Å². The molecular weight excluding hydrogens is 184 g/mol. The lowest BCUT2D eigenvalue weighted by atomic mass is 10.1. The van der Waals surface area contributed by atoms with Crippen LogP contribution >= 0.6 is 0 Å². The second-order valence-corrected chi connectivity index (χ2v) is 2.71. The molecule has 0 unspecified atom stereocenters. The summed E-state index contributed by atoms with van der Waals surface area (Å²) < 4.78 is 9.53. The van der Waals surface area contributed by atoms with E-state index in [0.717, 1.165) is 12.0 Å². The number of benzene rings is 1. The third-order valence-electron chi connectivity index (χ3n) is 1.83. The third-order valence-corrected chi connectivity index (χ3v) is 1.83. The van der Waals surface area contributed by atoms with E-state index in [9.17, 15) is 4.79 Å². The number of rotatable bonds is 3. The van der Waals surface area contributed by atoms with Crippen LogP contribution < -0.4 is 9.47 Å². The lowest BCUT2D eigenvalue weighted by molar-refractivity contribution is 0.143. The molecule has 1 aromatic rings. The zero-order chi connectivity index (χ0) is 10.6. The Morgan fingerprint density at radius 3 is 2.64 bits per heavy atom. The first kappa shape index (κ1) is 10.4. The van der Waals surface area contributed by atoms with Crippen molar-refractivity contribution in [3.8, 4) is 11.5 Å². The molecular formula is C10H12O4. The molecule has 1 aromatic carbocycles. The second-order valence-electron chi connectivity index (χ2n) is 2.71. The van der Waals surface area contributed by atoms with Crippen molar-refractivity contribution < 1.29 is 19.4 Å². The minimum atomic E-state index is -1.34. The summed E-state index contributed by atoms with van der Waals surface area (Å²) in [6, 6.07) is 5.16. The van der Waals surface area contributed by atoms with Gasteiger partial charge in [-0.2, -0.15) is 0 Å². The van der Waals surface area contributed by atoms with E-state index >= 15 is 0 Å². The Balaban J connectivity index is 2.98. The van der Waals surface area contributed by atoms with E-state index in [2.05, 4.69) is 4.74 Å². The largest absolute Gasteiger partial charge is 0.511 e. The van der Waals surface area contributed by atoms with E-state index in [1.165, 1.54) is 7.11 Å². The normalized spacial score (nSPS) is 9.57. The quantitative estimate of drug-likeness (QED) is 0.595. The van der Waals surface area contributed by atoms with Crippen LogP contribution in [-0.4, -0.2) is 18.4 Å². The van der Waals surface area contributed by atoms with Gasteiger partial charge in [0.1, 0.15) is 0 Å². The maximum Gasteiger partial charge on any atom is 0.511 e. The van der Waals surface area contributed by atoms with Gasteiger partial charge in [0.05, 0.1) is 7.11 Å². The monoisotopic (exact) mass is 196 g/mol. The summed E-state index contributed by atoms with van der Waals surface area (Å²) in [5.74, 6) is 0.656. The van der Waals surface area contributed by atoms with Crippen LogP contribution in [0.1, 0.15) is 12.5 Å². The topological polar surface area (TPSA) is 55.8 Å². The Bertz CT molecular complexity index is 333. The van der Waals surface area contributed by atoms with Crippen LogP contribution in [-0.2, 0) is 6.42 Å². The van der Waals surface area contributed by atoms with Crippen molar-refractivity contribution in [2.24, 2.45) is 0 Å². The predicted octanol–water partition coefficient (Wildman–Crippen LogP) is 2.31. The molecule has 0 fully saturated rings. The number of hydrogen-bond acceptors (Lipinski definition) is 3. The number of hydrogen-bond donors (Lipinski definition) is 1. The molecule has 0 aliphatic carbocycles. The molecule has 1 N–H and O–H groups in total. The molecule has 76 valence electrons. The van der Waals surface area contributed by atoms with Gasteiger partial charge >= 0.3 is 6.16 Å². The highest BCUT2D eigenvalue weighted by Gasteiger charge is 2.08. The third kappa shape index (κ3) is 2.39. The summed E-state index contributed by atoms with van der Waals surface area (Å²) >= 11 is 0. The molecule has 0 heterocycles. The smallest absolute Gasteiger partial charge is 0.493 e. The molecule has 4 heteroatoms. The minimum Gasteiger partial charge on any atom is -0.493 e. The molecule has 0 spiro atoms. The predicted molar refractivity (Wildman–Crippen MR) is 51.0 cm³/mol. The second kappa shape index (κ2) is 4.50. The van der Waals surface area contributed by atoms with Crippen molar-refractivity contribution in [3.05, 3.63) is 23.8 Å². The average molecular weight is 196 g/mol. The Labute approximate surface area is 82.1 Å². The van der Waals surface area contributed by atoms with Crippen molar-refractivity contribution in [2.75, 3.05) is 7.11 Å². The molecule has 0 aliphatic rings. The molecule has 0 saturated heterocycles. The van der Waals surface area contributed by atoms with Crippen molar-refractivity contribution in [3.63, 3.8) is 0 Å². The number of carbonyl (C=O) groups is 1. The van der Waals surface area contributed by atoms with Gasteiger partial charge in [-0.3, -0.25) is 0 Å². The molecule has 1 rings (SSSR count). The number of carboxylic acid groups (broad SMARTS) is 1. The highest BCUT2D eigenvalue weighted by atomic mass is 16.7. The summed E-state index contributed by atoms with van der Waals surface area (Å²) in [5, 5.41) is 8.44. The molecule has 0 aliphatic heterocycles. The van der Waals surface area contributed by atoms with E-state index in [0.29, 0.717) is 5.75 Å². The van der Waals surface area contributed by atoms with E-state index < -0.39 is 6.16 Å². The number of aryl methyl sites for hydroxylation is 1. The zero-order valence-corrected chi connectivity index (χ0v) is 8.11. The molecule has 0 bridgehead atoms. The van der Waals surface area contributed by atoms with Gasteiger partial charge in [-0.15, -0.1) is 0 Å². The van der Waals surface area contributed by atoms with Crippen LogP contribution in [0.25, 0.3) is 0 Å². The summed E-state index contributed by atoms with van der Waals surface area (Å²) in [6.45, 7) is 2.01. The van der Waals surface area contributed by atoms with Gasteiger partial charge in [-0.25, -0.2) is 4.79 Å². The number of ether oxygens (including phenoxy) is 2. The van der Waals surface area contributed by atoms with E-state index in [1.54, 1.807) is 18.2 Å².